The summed E-state index contributed by atoms with van der Waals surface area (Å²) in [5, 5.41) is 2.75. The van der Waals surface area contributed by atoms with E-state index in [1.807, 2.05) is 0 Å². The van der Waals surface area contributed by atoms with E-state index < -0.39 is 35.1 Å². The van der Waals surface area contributed by atoms with Crippen LogP contribution in [0.5, 0.6) is 0 Å². The third-order valence-corrected chi connectivity index (χ3v) is 3.75. The number of carbonyl (C=O) groups is 4. The van der Waals surface area contributed by atoms with Gasteiger partial charge in [0.05, 0.1) is 13.0 Å². The molecule has 1 atom stereocenters. The van der Waals surface area contributed by atoms with Crippen molar-refractivity contribution in [3.05, 3.63) is 0 Å². The average Bonchev–Trinajstić information content (AvgIpc) is 2.47. The maximum atomic E-state index is 12.9. The third-order valence-electron chi connectivity index (χ3n) is 3.75. The van der Waals surface area contributed by atoms with Crippen molar-refractivity contribution in [1.82, 2.24) is 15.1 Å². The molecular formula is C19H33N3O6. The molecule has 9 heteroatoms. The number of ether oxygens (including phenoxy) is 2. The van der Waals surface area contributed by atoms with Crippen LogP contribution in [0.25, 0.3) is 0 Å². The van der Waals surface area contributed by atoms with Crippen molar-refractivity contribution in [3.8, 4) is 0 Å². The van der Waals surface area contributed by atoms with E-state index in [-0.39, 0.29) is 38.5 Å². The minimum absolute atomic E-state index is 0.0458. The number of amides is 2. The standard InChI is InChI=1S/C19H33N3O6/c1-18(2,3)27-15(24)10-13-17(26)21(12-16(25)28-19(4,5)6)8-9-22(13)14(23)11-20-7/h13,20H,8-12H2,1-7H3/t13-/m0/s1. The van der Waals surface area contributed by atoms with Gasteiger partial charge >= 0.3 is 11.9 Å². The molecule has 0 spiro atoms. The highest BCUT2D eigenvalue weighted by Gasteiger charge is 2.40. The molecule has 9 nitrogen and oxygen atoms in total. The lowest BCUT2D eigenvalue weighted by Crippen LogP contribution is -2.61. The molecule has 28 heavy (non-hydrogen) atoms. The molecule has 0 aliphatic carbocycles. The minimum Gasteiger partial charge on any atom is -0.460 e. The quantitative estimate of drug-likeness (QED) is 0.641. The van der Waals surface area contributed by atoms with Gasteiger partial charge in [-0.15, -0.1) is 0 Å². The fraction of sp³-hybridized carbons (Fsp3) is 0.789. The molecule has 1 aliphatic rings. The highest BCUT2D eigenvalue weighted by molar-refractivity contribution is 5.94. The number of nitrogens with one attached hydrogen (secondary N) is 1. The van der Waals surface area contributed by atoms with Crippen LogP contribution >= 0.6 is 0 Å². The van der Waals surface area contributed by atoms with Crippen LogP contribution in [0.15, 0.2) is 0 Å². The van der Waals surface area contributed by atoms with Crippen molar-refractivity contribution in [2.45, 2.75) is 65.2 Å². The van der Waals surface area contributed by atoms with Crippen LogP contribution in [0.2, 0.25) is 0 Å². The van der Waals surface area contributed by atoms with Gasteiger partial charge in [-0.25, -0.2) is 0 Å². The van der Waals surface area contributed by atoms with Gasteiger partial charge in [-0.3, -0.25) is 19.2 Å². The molecular weight excluding hydrogens is 366 g/mol. The number of piperazine rings is 1. The molecule has 2 amide bonds. The Balaban J connectivity index is 2.93. The Hall–Kier alpha value is -2.16. The Kier molecular flexibility index (Phi) is 7.98. The molecule has 0 radical (unpaired) electrons. The zero-order valence-electron chi connectivity index (χ0n) is 18.0. The lowest BCUT2D eigenvalue weighted by Gasteiger charge is -2.40. The number of rotatable bonds is 6. The molecule has 1 fully saturated rings. The van der Waals surface area contributed by atoms with Gasteiger partial charge in [-0.2, -0.15) is 0 Å². The molecule has 0 aromatic rings. The van der Waals surface area contributed by atoms with E-state index in [0.717, 1.165) is 0 Å². The van der Waals surface area contributed by atoms with E-state index in [1.54, 1.807) is 48.6 Å². The topological polar surface area (TPSA) is 105 Å². The summed E-state index contributed by atoms with van der Waals surface area (Å²) in [7, 11) is 1.63. The van der Waals surface area contributed by atoms with Crippen molar-refractivity contribution < 1.29 is 28.7 Å². The Morgan fingerprint density at radius 2 is 1.54 bits per heavy atom. The first-order valence-electron chi connectivity index (χ1n) is 9.40. The van der Waals surface area contributed by atoms with Crippen LogP contribution in [-0.4, -0.2) is 84.0 Å². The molecule has 1 rings (SSSR count). The van der Waals surface area contributed by atoms with Gasteiger partial charge in [0, 0.05) is 13.1 Å². The fourth-order valence-electron chi connectivity index (χ4n) is 2.81. The number of likely N-dealkylation sites (N-methyl/N-ethyl adjacent to an activating group) is 1. The molecule has 1 aliphatic heterocycles. The lowest BCUT2D eigenvalue weighted by molar-refractivity contribution is -0.166. The second kappa shape index (κ2) is 9.36. The summed E-state index contributed by atoms with van der Waals surface area (Å²) in [6.07, 6.45) is -0.267. The van der Waals surface area contributed by atoms with E-state index in [1.165, 1.54) is 9.80 Å². The van der Waals surface area contributed by atoms with Crippen LogP contribution in [0, 0.1) is 0 Å². The van der Waals surface area contributed by atoms with Crippen LogP contribution in [0.4, 0.5) is 0 Å². The van der Waals surface area contributed by atoms with E-state index in [4.69, 9.17) is 9.47 Å². The first kappa shape index (κ1) is 23.9. The highest BCUT2D eigenvalue weighted by atomic mass is 16.6. The molecule has 0 unspecified atom stereocenters. The summed E-state index contributed by atoms with van der Waals surface area (Å²) in [4.78, 5) is 52.4. The van der Waals surface area contributed by atoms with Crippen molar-refractivity contribution in [2.24, 2.45) is 0 Å². The predicted octanol–water partition coefficient (Wildman–Crippen LogP) is 0.319. The van der Waals surface area contributed by atoms with Gasteiger partial charge < -0.3 is 24.6 Å². The molecule has 0 bridgehead atoms. The van der Waals surface area contributed by atoms with Crippen LogP contribution in [0.3, 0.4) is 0 Å². The summed E-state index contributed by atoms with van der Waals surface area (Å²) < 4.78 is 10.6. The zero-order valence-corrected chi connectivity index (χ0v) is 18.0. The van der Waals surface area contributed by atoms with E-state index >= 15 is 0 Å². The summed E-state index contributed by atoms with van der Waals surface area (Å²) in [6.45, 7) is 10.6. The smallest absolute Gasteiger partial charge is 0.326 e. The maximum Gasteiger partial charge on any atom is 0.326 e. The number of hydrogen-bond acceptors (Lipinski definition) is 7. The van der Waals surface area contributed by atoms with Crippen molar-refractivity contribution in [2.75, 3.05) is 33.2 Å². The summed E-state index contributed by atoms with van der Waals surface area (Å²) in [6, 6.07) is -1.01. The molecule has 1 N–H and O–H groups in total. The van der Waals surface area contributed by atoms with Gasteiger partial charge in [0.25, 0.3) is 0 Å². The number of hydrogen-bond donors (Lipinski definition) is 1. The second-order valence-corrected chi connectivity index (χ2v) is 8.77. The monoisotopic (exact) mass is 399 g/mol. The number of nitrogens with zero attached hydrogens (tertiary/aromatic N) is 2. The van der Waals surface area contributed by atoms with Gasteiger partial charge in [0.15, 0.2) is 0 Å². The van der Waals surface area contributed by atoms with Crippen molar-refractivity contribution in [3.63, 3.8) is 0 Å². The largest absolute Gasteiger partial charge is 0.460 e. The normalized spacial score (nSPS) is 18.1. The molecule has 1 heterocycles. The molecule has 0 saturated carbocycles. The van der Waals surface area contributed by atoms with Gasteiger partial charge in [0.2, 0.25) is 11.8 Å². The Bertz CT molecular complexity index is 606. The summed E-state index contributed by atoms with van der Waals surface area (Å²) in [5.74, 6) is -1.87. The predicted molar refractivity (Wildman–Crippen MR) is 102 cm³/mol. The van der Waals surface area contributed by atoms with Crippen molar-refractivity contribution >= 4 is 23.8 Å². The number of esters is 2. The first-order valence-corrected chi connectivity index (χ1v) is 9.40. The molecule has 1 saturated heterocycles. The summed E-state index contributed by atoms with van der Waals surface area (Å²) in [5.41, 5.74) is -1.37. The number of carbonyl (C=O) groups excluding carboxylic acids is 4. The SMILES string of the molecule is CNCC(=O)N1CCN(CC(=O)OC(C)(C)C)C(=O)[C@@H]1CC(=O)OC(C)(C)C. The highest BCUT2D eigenvalue weighted by Crippen LogP contribution is 2.18. The van der Waals surface area contributed by atoms with E-state index in [9.17, 15) is 19.2 Å². The van der Waals surface area contributed by atoms with Crippen LogP contribution in [0.1, 0.15) is 48.0 Å². The molecule has 0 aromatic heterocycles. The Morgan fingerprint density at radius 1 is 1.00 bits per heavy atom. The van der Waals surface area contributed by atoms with Crippen molar-refractivity contribution in [1.29, 1.82) is 0 Å². The Labute approximate surface area is 166 Å². The van der Waals surface area contributed by atoms with Gasteiger partial charge in [-0.1, -0.05) is 0 Å². The minimum atomic E-state index is -1.01. The maximum absolute atomic E-state index is 12.9. The fourth-order valence-corrected chi connectivity index (χ4v) is 2.81. The van der Waals surface area contributed by atoms with Gasteiger partial charge in [0.1, 0.15) is 23.8 Å². The third kappa shape index (κ3) is 7.84. The van der Waals surface area contributed by atoms with Crippen LogP contribution < -0.4 is 5.32 Å². The summed E-state index contributed by atoms with van der Waals surface area (Å²) >= 11 is 0. The van der Waals surface area contributed by atoms with Crippen LogP contribution in [-0.2, 0) is 28.7 Å². The zero-order chi connectivity index (χ0) is 21.7. The van der Waals surface area contributed by atoms with E-state index in [0.29, 0.717) is 0 Å². The molecule has 0 aromatic carbocycles. The lowest BCUT2D eigenvalue weighted by atomic mass is 10.1. The average molecular weight is 399 g/mol. The van der Waals surface area contributed by atoms with E-state index in [2.05, 4.69) is 5.32 Å². The first-order chi connectivity index (χ1) is 12.7. The van der Waals surface area contributed by atoms with Gasteiger partial charge in [-0.05, 0) is 48.6 Å². The Morgan fingerprint density at radius 3 is 2.04 bits per heavy atom. The molecule has 160 valence electrons. The second-order valence-electron chi connectivity index (χ2n) is 8.77.